The highest BCUT2D eigenvalue weighted by atomic mass is 35.5. The molecule has 2 aliphatic heterocycles. The second-order valence-corrected chi connectivity index (χ2v) is 12.5. The number of likely N-dealkylation sites (tertiary alicyclic amines) is 1. The molecule has 0 bridgehead atoms. The number of carbonyl (C=O) groups is 1. The van der Waals surface area contributed by atoms with Crippen molar-refractivity contribution in [2.24, 2.45) is 11.3 Å². The van der Waals surface area contributed by atoms with Crippen LogP contribution in [-0.4, -0.2) is 46.6 Å². The molecule has 3 N–H and O–H groups in total. The van der Waals surface area contributed by atoms with E-state index in [4.69, 9.17) is 16.6 Å². The van der Waals surface area contributed by atoms with Crippen LogP contribution in [0.15, 0.2) is 53.9 Å². The third-order valence-electron chi connectivity index (χ3n) is 8.01. The summed E-state index contributed by atoms with van der Waals surface area (Å²) >= 11 is 7.62. The molecule has 0 saturated carbocycles. The number of thiazole rings is 1. The Morgan fingerprint density at radius 2 is 1.95 bits per heavy atom. The zero-order valence-electron chi connectivity index (χ0n) is 21.8. The molecule has 1 amide bonds. The zero-order valence-corrected chi connectivity index (χ0v) is 23.4. The number of hydrogen-bond acceptors (Lipinski definition) is 6. The number of nitrogens with one attached hydrogen (secondary N) is 2. The molecule has 1 unspecified atom stereocenters. The van der Waals surface area contributed by atoms with Gasteiger partial charge in [0.05, 0.1) is 11.3 Å². The van der Waals surface area contributed by atoms with Crippen LogP contribution in [0, 0.1) is 11.3 Å². The van der Waals surface area contributed by atoms with Crippen LogP contribution in [0.2, 0.25) is 5.02 Å². The van der Waals surface area contributed by atoms with Crippen molar-refractivity contribution in [3.05, 3.63) is 75.8 Å². The molecule has 3 aromatic rings. The van der Waals surface area contributed by atoms with E-state index in [0.717, 1.165) is 28.6 Å². The van der Waals surface area contributed by atoms with Gasteiger partial charge in [-0.2, -0.15) is 0 Å². The third-order valence-corrected chi connectivity index (χ3v) is 9.05. The SMILES string of the molecule is CC(C)[C@@H](Nc1nc(C2CNc3ccccc32)cs1)C(=O)N1CC[C@](O)(c2ccc(Cl)cc2)C(C)(C)C1. The topological polar surface area (TPSA) is 77.5 Å². The van der Waals surface area contributed by atoms with E-state index in [-0.39, 0.29) is 17.7 Å². The fourth-order valence-electron chi connectivity index (χ4n) is 5.67. The average molecular weight is 539 g/mol. The van der Waals surface area contributed by atoms with Gasteiger partial charge < -0.3 is 20.6 Å². The molecule has 2 aliphatic rings. The van der Waals surface area contributed by atoms with E-state index in [1.807, 2.05) is 49.1 Å². The second-order valence-electron chi connectivity index (χ2n) is 11.2. The van der Waals surface area contributed by atoms with Crippen molar-refractivity contribution >= 4 is 39.7 Å². The molecule has 0 aliphatic carbocycles. The molecule has 196 valence electrons. The molecule has 3 heterocycles. The Labute approximate surface area is 228 Å². The Balaban J connectivity index is 1.30. The number of benzene rings is 2. The summed E-state index contributed by atoms with van der Waals surface area (Å²) < 4.78 is 0. The van der Waals surface area contributed by atoms with Gasteiger partial charge in [-0.25, -0.2) is 4.98 Å². The smallest absolute Gasteiger partial charge is 0.245 e. The summed E-state index contributed by atoms with van der Waals surface area (Å²) in [5, 5.41) is 22.1. The molecule has 1 fully saturated rings. The summed E-state index contributed by atoms with van der Waals surface area (Å²) in [6.45, 7) is 9.94. The van der Waals surface area contributed by atoms with Gasteiger partial charge in [0.2, 0.25) is 5.91 Å². The largest absolute Gasteiger partial charge is 0.384 e. The number of aromatic nitrogens is 1. The number of nitrogens with zero attached hydrogens (tertiary/aromatic N) is 2. The maximum Gasteiger partial charge on any atom is 0.245 e. The van der Waals surface area contributed by atoms with Crippen LogP contribution in [0.25, 0.3) is 0 Å². The lowest BCUT2D eigenvalue weighted by molar-refractivity contribution is -0.154. The third kappa shape index (κ3) is 4.85. The Morgan fingerprint density at radius 1 is 1.22 bits per heavy atom. The van der Waals surface area contributed by atoms with Crippen molar-refractivity contribution < 1.29 is 9.90 Å². The lowest BCUT2D eigenvalue weighted by Gasteiger charge is -2.51. The predicted molar refractivity (Wildman–Crippen MR) is 151 cm³/mol. The van der Waals surface area contributed by atoms with E-state index in [1.165, 1.54) is 5.56 Å². The van der Waals surface area contributed by atoms with Gasteiger partial charge in [-0.1, -0.05) is 69.6 Å². The Bertz CT molecular complexity index is 1270. The molecular formula is C29H35ClN4O2S. The van der Waals surface area contributed by atoms with Gasteiger partial charge >= 0.3 is 0 Å². The number of rotatable bonds is 6. The fourth-order valence-corrected chi connectivity index (χ4v) is 6.60. The molecule has 0 spiro atoms. The second kappa shape index (κ2) is 9.93. The molecule has 5 rings (SSSR count). The highest BCUT2D eigenvalue weighted by Gasteiger charge is 2.50. The van der Waals surface area contributed by atoms with E-state index in [9.17, 15) is 9.90 Å². The maximum absolute atomic E-state index is 13.8. The number of aliphatic hydroxyl groups is 1. The minimum atomic E-state index is -1.04. The van der Waals surface area contributed by atoms with E-state index in [1.54, 1.807) is 11.3 Å². The number of fused-ring (bicyclic) bond motifs is 1. The van der Waals surface area contributed by atoms with Gasteiger partial charge in [0.15, 0.2) is 5.13 Å². The van der Waals surface area contributed by atoms with Gasteiger partial charge in [0.25, 0.3) is 0 Å². The first kappa shape index (κ1) is 26.0. The summed E-state index contributed by atoms with van der Waals surface area (Å²) in [7, 11) is 0. The summed E-state index contributed by atoms with van der Waals surface area (Å²) in [6, 6.07) is 15.3. The number of anilines is 2. The number of para-hydroxylation sites is 1. The summed E-state index contributed by atoms with van der Waals surface area (Å²) in [6.07, 6.45) is 0.466. The van der Waals surface area contributed by atoms with Crippen molar-refractivity contribution in [2.45, 2.75) is 51.7 Å². The van der Waals surface area contributed by atoms with Gasteiger partial charge in [-0.05, 0) is 41.7 Å². The summed E-state index contributed by atoms with van der Waals surface area (Å²) in [5.41, 5.74) is 2.72. The minimum absolute atomic E-state index is 0.0471. The monoisotopic (exact) mass is 538 g/mol. The van der Waals surface area contributed by atoms with E-state index < -0.39 is 17.1 Å². The van der Waals surface area contributed by atoms with Crippen molar-refractivity contribution in [2.75, 3.05) is 30.3 Å². The molecule has 6 nitrogen and oxygen atoms in total. The predicted octanol–water partition coefficient (Wildman–Crippen LogP) is 5.94. The first-order chi connectivity index (χ1) is 17.6. The number of amides is 1. The minimum Gasteiger partial charge on any atom is -0.384 e. The van der Waals surface area contributed by atoms with Crippen molar-refractivity contribution in [1.29, 1.82) is 0 Å². The first-order valence-corrected chi connectivity index (χ1v) is 14.2. The first-order valence-electron chi connectivity index (χ1n) is 12.9. The average Bonchev–Trinajstić information content (AvgIpc) is 3.51. The van der Waals surface area contributed by atoms with Crippen LogP contribution in [0.5, 0.6) is 0 Å². The van der Waals surface area contributed by atoms with Crippen molar-refractivity contribution in [3.8, 4) is 0 Å². The van der Waals surface area contributed by atoms with E-state index >= 15 is 0 Å². The molecule has 1 saturated heterocycles. The summed E-state index contributed by atoms with van der Waals surface area (Å²) in [4.78, 5) is 20.6. The molecule has 0 radical (unpaired) electrons. The fraction of sp³-hybridized carbons (Fsp3) is 0.448. The molecule has 1 aromatic heterocycles. The molecule has 37 heavy (non-hydrogen) atoms. The summed E-state index contributed by atoms with van der Waals surface area (Å²) in [5.74, 6) is 0.337. The number of carbonyl (C=O) groups excluding carboxylic acids is 1. The van der Waals surface area contributed by atoms with Crippen LogP contribution in [0.1, 0.15) is 56.9 Å². The van der Waals surface area contributed by atoms with Crippen LogP contribution in [0.3, 0.4) is 0 Å². The van der Waals surface area contributed by atoms with Crippen LogP contribution >= 0.6 is 22.9 Å². The van der Waals surface area contributed by atoms with E-state index in [2.05, 4.69) is 48.1 Å². The zero-order chi connectivity index (χ0) is 26.4. The van der Waals surface area contributed by atoms with Crippen LogP contribution in [0.4, 0.5) is 10.8 Å². The van der Waals surface area contributed by atoms with Gasteiger partial charge in [0.1, 0.15) is 6.04 Å². The maximum atomic E-state index is 13.8. The van der Waals surface area contributed by atoms with Gasteiger partial charge in [0, 0.05) is 47.1 Å². The van der Waals surface area contributed by atoms with Gasteiger partial charge in [-0.3, -0.25) is 4.79 Å². The Hall–Kier alpha value is -2.61. The quantitative estimate of drug-likeness (QED) is 0.362. The van der Waals surface area contributed by atoms with Gasteiger partial charge in [-0.15, -0.1) is 11.3 Å². The standard InChI is InChI=1S/C29H35ClN4O2S/c1-18(2)25(33-27-32-24(16-37-27)22-15-31-23-8-6-5-7-21(22)23)26(35)34-14-13-29(36,28(3,4)17-34)19-9-11-20(30)12-10-19/h5-12,16,18,22,25,31,36H,13-15,17H2,1-4H3,(H,32,33)/t22?,25-,29+/m1/s1. The molecule has 2 aromatic carbocycles. The van der Waals surface area contributed by atoms with Crippen molar-refractivity contribution in [1.82, 2.24) is 9.88 Å². The Kier molecular flexibility index (Phi) is 6.98. The lowest BCUT2D eigenvalue weighted by Crippen LogP contribution is -2.59. The normalized spacial score (nSPS) is 23.4. The highest BCUT2D eigenvalue weighted by Crippen LogP contribution is 2.46. The number of hydrogen-bond donors (Lipinski definition) is 3. The lowest BCUT2D eigenvalue weighted by atomic mass is 9.66. The van der Waals surface area contributed by atoms with Crippen LogP contribution in [-0.2, 0) is 10.4 Å². The highest BCUT2D eigenvalue weighted by molar-refractivity contribution is 7.13. The molecule has 8 heteroatoms. The van der Waals surface area contributed by atoms with Crippen molar-refractivity contribution in [3.63, 3.8) is 0 Å². The van der Waals surface area contributed by atoms with E-state index in [0.29, 0.717) is 24.5 Å². The number of halogens is 1. The Morgan fingerprint density at radius 3 is 2.65 bits per heavy atom. The molecular weight excluding hydrogens is 504 g/mol. The van der Waals surface area contributed by atoms with Crippen LogP contribution < -0.4 is 10.6 Å². The number of piperidine rings is 1. The molecule has 3 atom stereocenters.